The van der Waals surface area contributed by atoms with Crippen molar-refractivity contribution in [1.82, 2.24) is 9.97 Å². The van der Waals surface area contributed by atoms with Gasteiger partial charge in [0.25, 0.3) is 0 Å². The second kappa shape index (κ2) is 11.6. The lowest BCUT2D eigenvalue weighted by Gasteiger charge is -2.15. The Morgan fingerprint density at radius 1 is 0.784 bits per heavy atom. The molecule has 0 radical (unpaired) electrons. The van der Waals surface area contributed by atoms with Gasteiger partial charge in [-0.3, -0.25) is 0 Å². The Hall–Kier alpha value is -3.63. The van der Waals surface area contributed by atoms with Gasteiger partial charge >= 0.3 is 24.3 Å². The number of methoxy groups -OCH3 is 2. The lowest BCUT2D eigenvalue weighted by molar-refractivity contribution is -0.138. The molecule has 4 N–H and O–H groups in total. The van der Waals surface area contributed by atoms with Crippen molar-refractivity contribution in [1.29, 1.82) is 0 Å². The first kappa shape index (κ1) is 29.6. The van der Waals surface area contributed by atoms with Gasteiger partial charge in [-0.15, -0.1) is 0 Å². The SMILES string of the molecule is COC(=O)c1cc(-c2cncnc2)c(C(F)(F)F)cc1N.COC(=O)c1cc(I)c(C(F)(F)F)cc1N. The van der Waals surface area contributed by atoms with Crippen molar-refractivity contribution >= 4 is 45.9 Å². The highest BCUT2D eigenvalue weighted by Gasteiger charge is 2.36. The van der Waals surface area contributed by atoms with E-state index in [0.717, 1.165) is 32.4 Å². The number of benzene rings is 2. The van der Waals surface area contributed by atoms with Crippen LogP contribution in [-0.4, -0.2) is 36.1 Å². The van der Waals surface area contributed by atoms with Crippen LogP contribution < -0.4 is 11.5 Å². The molecular weight excluding hydrogens is 625 g/mol. The summed E-state index contributed by atoms with van der Waals surface area (Å²) in [5.74, 6) is -1.58. The summed E-state index contributed by atoms with van der Waals surface area (Å²) < 4.78 is 85.5. The standard InChI is InChI=1S/C13H10F3N3O2.C9H7F3INO2/c1-21-12(20)9-2-8(7-4-18-6-19-5-7)10(3-11(9)17)13(14,15)16;1-16-8(15)4-2-6(13)5(3-7(4)14)9(10,11)12/h2-6H,17H2,1H3;2-3H,14H2,1H3. The zero-order chi connectivity index (χ0) is 28.1. The first-order chi connectivity index (χ1) is 17.1. The van der Waals surface area contributed by atoms with E-state index in [1.165, 1.54) is 41.3 Å². The Morgan fingerprint density at radius 2 is 1.22 bits per heavy atom. The number of esters is 2. The fourth-order valence-electron chi connectivity index (χ4n) is 2.91. The molecule has 0 saturated heterocycles. The van der Waals surface area contributed by atoms with E-state index < -0.39 is 35.4 Å². The number of anilines is 2. The molecule has 0 spiro atoms. The summed E-state index contributed by atoms with van der Waals surface area (Å²) >= 11 is 1.49. The maximum atomic E-state index is 13.1. The van der Waals surface area contributed by atoms with Gasteiger partial charge in [0.15, 0.2) is 0 Å². The number of alkyl halides is 6. The Morgan fingerprint density at radius 3 is 1.65 bits per heavy atom. The highest BCUT2D eigenvalue weighted by Crippen LogP contribution is 2.39. The van der Waals surface area contributed by atoms with Gasteiger partial charge in [0.1, 0.15) is 6.33 Å². The predicted octanol–water partition coefficient (Wildman–Crippen LogP) is 5.21. The van der Waals surface area contributed by atoms with Crippen LogP contribution in [-0.2, 0) is 21.8 Å². The molecule has 0 aliphatic heterocycles. The lowest BCUT2D eigenvalue weighted by atomic mass is 9.97. The number of nitrogen functional groups attached to an aromatic ring is 2. The molecule has 8 nitrogen and oxygen atoms in total. The van der Waals surface area contributed by atoms with E-state index in [0.29, 0.717) is 6.07 Å². The second-order valence-electron chi connectivity index (χ2n) is 7.01. The molecule has 3 aromatic rings. The third-order valence-electron chi connectivity index (χ3n) is 4.62. The van der Waals surface area contributed by atoms with E-state index in [-0.39, 0.29) is 37.2 Å². The minimum Gasteiger partial charge on any atom is -0.465 e. The summed E-state index contributed by atoms with van der Waals surface area (Å²) in [4.78, 5) is 30.1. The fraction of sp³-hybridized carbons (Fsp3) is 0.182. The molecule has 198 valence electrons. The molecule has 0 aliphatic rings. The van der Waals surface area contributed by atoms with Crippen LogP contribution in [0.4, 0.5) is 37.7 Å². The van der Waals surface area contributed by atoms with Gasteiger partial charge in [-0.25, -0.2) is 19.6 Å². The maximum Gasteiger partial charge on any atom is 0.417 e. The quantitative estimate of drug-likeness (QED) is 0.173. The Bertz CT molecular complexity index is 1300. The summed E-state index contributed by atoms with van der Waals surface area (Å²) in [6.45, 7) is 0. The van der Waals surface area contributed by atoms with Crippen LogP contribution in [0.3, 0.4) is 0 Å². The number of aromatic nitrogens is 2. The maximum absolute atomic E-state index is 13.1. The monoisotopic (exact) mass is 642 g/mol. The fourth-order valence-corrected chi connectivity index (χ4v) is 3.68. The minimum atomic E-state index is -4.63. The van der Waals surface area contributed by atoms with Crippen molar-refractivity contribution in [2.45, 2.75) is 12.4 Å². The molecule has 3 rings (SSSR count). The van der Waals surface area contributed by atoms with E-state index in [1.54, 1.807) is 0 Å². The van der Waals surface area contributed by atoms with Gasteiger partial charge in [0.05, 0.1) is 36.5 Å². The van der Waals surface area contributed by atoms with Crippen molar-refractivity contribution in [3.8, 4) is 11.1 Å². The highest BCUT2D eigenvalue weighted by molar-refractivity contribution is 14.1. The van der Waals surface area contributed by atoms with Crippen LogP contribution in [0.15, 0.2) is 43.0 Å². The van der Waals surface area contributed by atoms with E-state index in [9.17, 15) is 35.9 Å². The topological polar surface area (TPSA) is 130 Å². The van der Waals surface area contributed by atoms with E-state index in [2.05, 4.69) is 19.4 Å². The van der Waals surface area contributed by atoms with Gasteiger partial charge in [-0.2, -0.15) is 26.3 Å². The first-order valence-corrected chi connectivity index (χ1v) is 10.8. The number of rotatable bonds is 3. The summed E-state index contributed by atoms with van der Waals surface area (Å²) in [6, 6.07) is 3.52. The van der Waals surface area contributed by atoms with Gasteiger partial charge < -0.3 is 20.9 Å². The van der Waals surface area contributed by atoms with Crippen LogP contribution >= 0.6 is 22.6 Å². The molecule has 1 aromatic heterocycles. The number of carbonyl (C=O) groups is 2. The highest BCUT2D eigenvalue weighted by atomic mass is 127. The van der Waals surface area contributed by atoms with Crippen LogP contribution in [0.5, 0.6) is 0 Å². The van der Waals surface area contributed by atoms with Crippen molar-refractivity contribution < 1.29 is 45.4 Å². The molecule has 37 heavy (non-hydrogen) atoms. The number of nitrogens with zero attached hydrogens (tertiary/aromatic N) is 2. The smallest absolute Gasteiger partial charge is 0.417 e. The Labute approximate surface area is 219 Å². The largest absolute Gasteiger partial charge is 0.465 e. The number of nitrogens with two attached hydrogens (primary N) is 2. The summed E-state index contributed by atoms with van der Waals surface area (Å²) in [6.07, 6.45) is -5.49. The molecule has 2 aromatic carbocycles. The lowest BCUT2D eigenvalue weighted by Crippen LogP contribution is -2.12. The molecule has 0 aliphatic carbocycles. The van der Waals surface area contributed by atoms with Crippen molar-refractivity contribution in [3.63, 3.8) is 0 Å². The average molecular weight is 642 g/mol. The molecule has 1 heterocycles. The molecule has 0 bridgehead atoms. The number of carbonyl (C=O) groups excluding carboxylic acids is 2. The summed E-state index contributed by atoms with van der Waals surface area (Å²) in [7, 11) is 2.25. The zero-order valence-corrected chi connectivity index (χ0v) is 21.0. The Kier molecular flexibility index (Phi) is 9.29. The van der Waals surface area contributed by atoms with Crippen molar-refractivity contribution in [2.24, 2.45) is 0 Å². The number of hydrogen-bond donors (Lipinski definition) is 2. The molecule has 0 amide bonds. The zero-order valence-electron chi connectivity index (χ0n) is 18.9. The number of ether oxygens (including phenoxy) is 2. The van der Waals surface area contributed by atoms with E-state index >= 15 is 0 Å². The van der Waals surface area contributed by atoms with Gasteiger partial charge in [-0.1, -0.05) is 0 Å². The first-order valence-electron chi connectivity index (χ1n) is 9.70. The normalized spacial score (nSPS) is 11.3. The van der Waals surface area contributed by atoms with Gasteiger partial charge in [-0.05, 0) is 52.4 Å². The summed E-state index contributed by atoms with van der Waals surface area (Å²) in [5, 5.41) is 0. The van der Waals surface area contributed by atoms with Crippen molar-refractivity contribution in [2.75, 3.05) is 25.7 Å². The van der Waals surface area contributed by atoms with Gasteiger partial charge in [0, 0.05) is 32.9 Å². The Balaban J connectivity index is 0.000000271. The number of halogens is 7. The molecular formula is C22H17F6IN4O4. The summed E-state index contributed by atoms with van der Waals surface area (Å²) in [5.41, 5.74) is 8.14. The third-order valence-corrected chi connectivity index (χ3v) is 5.51. The molecule has 0 atom stereocenters. The van der Waals surface area contributed by atoms with Crippen LogP contribution in [0.25, 0.3) is 11.1 Å². The van der Waals surface area contributed by atoms with Crippen molar-refractivity contribution in [3.05, 3.63) is 68.8 Å². The number of hydrogen-bond acceptors (Lipinski definition) is 8. The third kappa shape index (κ3) is 7.21. The molecule has 0 saturated carbocycles. The van der Waals surface area contributed by atoms with Crippen LogP contribution in [0.2, 0.25) is 0 Å². The van der Waals surface area contributed by atoms with Crippen LogP contribution in [0, 0.1) is 3.57 Å². The predicted molar refractivity (Wildman–Crippen MR) is 128 cm³/mol. The second-order valence-corrected chi connectivity index (χ2v) is 8.17. The minimum absolute atomic E-state index is 0.0695. The van der Waals surface area contributed by atoms with E-state index in [4.69, 9.17) is 11.5 Å². The van der Waals surface area contributed by atoms with Gasteiger partial charge in [0.2, 0.25) is 0 Å². The van der Waals surface area contributed by atoms with Crippen LogP contribution in [0.1, 0.15) is 31.8 Å². The average Bonchev–Trinajstić information content (AvgIpc) is 2.83. The molecule has 15 heteroatoms. The molecule has 0 unspecified atom stereocenters. The van der Waals surface area contributed by atoms with E-state index in [1.807, 2.05) is 0 Å². The molecule has 0 fully saturated rings.